The maximum atomic E-state index is 12.6. The van der Waals surface area contributed by atoms with Gasteiger partial charge in [0, 0.05) is 38.8 Å². The summed E-state index contributed by atoms with van der Waals surface area (Å²) in [5.74, 6) is -0.661. The van der Waals surface area contributed by atoms with Crippen molar-refractivity contribution in [2.24, 2.45) is 5.92 Å². The predicted molar refractivity (Wildman–Crippen MR) is 92.7 cm³/mol. The van der Waals surface area contributed by atoms with Gasteiger partial charge in [0.15, 0.2) is 0 Å². The molecule has 0 spiro atoms. The first-order chi connectivity index (χ1) is 11.8. The SMILES string of the molecule is CCOC(=O)C1CCN(C(=O)c2ccc(N(C)C)c([N+](=O)[O-])c2)CC1. The number of nitro benzene ring substituents is 1. The normalized spacial score (nSPS) is 14.9. The molecule has 8 nitrogen and oxygen atoms in total. The van der Waals surface area contributed by atoms with E-state index in [4.69, 9.17) is 4.74 Å². The average molecular weight is 349 g/mol. The van der Waals surface area contributed by atoms with Gasteiger partial charge >= 0.3 is 5.97 Å². The summed E-state index contributed by atoms with van der Waals surface area (Å²) in [4.78, 5) is 38.4. The van der Waals surface area contributed by atoms with Gasteiger partial charge in [-0.2, -0.15) is 0 Å². The molecular formula is C17H23N3O5. The van der Waals surface area contributed by atoms with Crippen LogP contribution in [0.5, 0.6) is 0 Å². The highest BCUT2D eigenvalue weighted by atomic mass is 16.6. The number of ether oxygens (including phenoxy) is 1. The molecule has 0 aliphatic carbocycles. The third-order valence-corrected chi connectivity index (χ3v) is 4.30. The lowest BCUT2D eigenvalue weighted by atomic mass is 9.96. The van der Waals surface area contributed by atoms with Crippen molar-refractivity contribution in [3.63, 3.8) is 0 Å². The first-order valence-corrected chi connectivity index (χ1v) is 8.26. The maximum absolute atomic E-state index is 12.6. The molecule has 136 valence electrons. The molecule has 25 heavy (non-hydrogen) atoms. The Labute approximate surface area is 146 Å². The number of piperidine rings is 1. The third-order valence-electron chi connectivity index (χ3n) is 4.30. The van der Waals surface area contributed by atoms with Crippen LogP contribution in [0.4, 0.5) is 11.4 Å². The first kappa shape index (κ1) is 18.7. The summed E-state index contributed by atoms with van der Waals surface area (Å²) in [5.41, 5.74) is 0.631. The quantitative estimate of drug-likeness (QED) is 0.459. The second-order valence-electron chi connectivity index (χ2n) is 6.17. The van der Waals surface area contributed by atoms with E-state index in [1.807, 2.05) is 0 Å². The highest BCUT2D eigenvalue weighted by Gasteiger charge is 2.29. The molecule has 0 saturated carbocycles. The molecule has 1 aromatic carbocycles. The molecule has 1 amide bonds. The lowest BCUT2D eigenvalue weighted by molar-refractivity contribution is -0.384. The lowest BCUT2D eigenvalue weighted by Gasteiger charge is -2.31. The fraction of sp³-hybridized carbons (Fsp3) is 0.529. The Kier molecular flexibility index (Phi) is 5.95. The number of hydrogen-bond donors (Lipinski definition) is 0. The topological polar surface area (TPSA) is 93.0 Å². The van der Waals surface area contributed by atoms with Gasteiger partial charge in [-0.05, 0) is 31.9 Å². The van der Waals surface area contributed by atoms with Gasteiger partial charge in [-0.1, -0.05) is 0 Å². The second-order valence-corrected chi connectivity index (χ2v) is 6.17. The number of hydrogen-bond acceptors (Lipinski definition) is 6. The number of likely N-dealkylation sites (tertiary alicyclic amines) is 1. The van der Waals surface area contributed by atoms with E-state index in [-0.39, 0.29) is 29.0 Å². The molecule has 1 fully saturated rings. The molecule has 0 radical (unpaired) electrons. The van der Waals surface area contributed by atoms with Crippen LogP contribution in [0.1, 0.15) is 30.1 Å². The summed E-state index contributed by atoms with van der Waals surface area (Å²) in [6, 6.07) is 4.49. The molecule has 1 heterocycles. The van der Waals surface area contributed by atoms with E-state index in [0.717, 1.165) is 0 Å². The summed E-state index contributed by atoms with van der Waals surface area (Å²) < 4.78 is 5.02. The summed E-state index contributed by atoms with van der Waals surface area (Å²) in [6.45, 7) is 2.98. The van der Waals surface area contributed by atoms with Crippen molar-refractivity contribution in [3.8, 4) is 0 Å². The van der Waals surface area contributed by atoms with Crippen molar-refractivity contribution in [1.82, 2.24) is 4.90 Å². The molecule has 1 aliphatic heterocycles. The molecule has 8 heteroatoms. The Balaban J connectivity index is 2.10. The Morgan fingerprint density at radius 2 is 1.96 bits per heavy atom. The summed E-state index contributed by atoms with van der Waals surface area (Å²) in [7, 11) is 3.42. The van der Waals surface area contributed by atoms with Gasteiger partial charge < -0.3 is 14.5 Å². The Morgan fingerprint density at radius 3 is 2.48 bits per heavy atom. The number of amides is 1. The number of nitrogens with zero attached hydrogens (tertiary/aromatic N) is 3. The molecular weight excluding hydrogens is 326 g/mol. The van der Waals surface area contributed by atoms with E-state index in [1.54, 1.807) is 43.0 Å². The van der Waals surface area contributed by atoms with Crippen molar-refractivity contribution in [2.75, 3.05) is 38.7 Å². The summed E-state index contributed by atoms with van der Waals surface area (Å²) >= 11 is 0. The van der Waals surface area contributed by atoms with Crippen molar-refractivity contribution in [2.45, 2.75) is 19.8 Å². The molecule has 0 atom stereocenters. The van der Waals surface area contributed by atoms with E-state index in [9.17, 15) is 19.7 Å². The molecule has 2 rings (SSSR count). The minimum absolute atomic E-state index is 0.0998. The third kappa shape index (κ3) is 4.26. The van der Waals surface area contributed by atoms with Crippen molar-refractivity contribution in [3.05, 3.63) is 33.9 Å². The zero-order valence-electron chi connectivity index (χ0n) is 14.7. The second kappa shape index (κ2) is 7.96. The molecule has 0 aromatic heterocycles. The average Bonchev–Trinajstić information content (AvgIpc) is 2.60. The Hall–Kier alpha value is -2.64. The van der Waals surface area contributed by atoms with Crippen LogP contribution in [0.3, 0.4) is 0 Å². The van der Waals surface area contributed by atoms with Gasteiger partial charge in [0.25, 0.3) is 11.6 Å². The number of carbonyl (C=O) groups is 2. The van der Waals surface area contributed by atoms with Crippen LogP contribution in [-0.4, -0.2) is 55.5 Å². The van der Waals surface area contributed by atoms with Crippen LogP contribution in [0.15, 0.2) is 18.2 Å². The van der Waals surface area contributed by atoms with E-state index in [1.165, 1.54) is 6.07 Å². The number of anilines is 1. The highest BCUT2D eigenvalue weighted by molar-refractivity contribution is 5.96. The fourth-order valence-corrected chi connectivity index (χ4v) is 2.94. The van der Waals surface area contributed by atoms with Crippen LogP contribution in [0, 0.1) is 16.0 Å². The van der Waals surface area contributed by atoms with Crippen LogP contribution in [-0.2, 0) is 9.53 Å². The number of rotatable bonds is 5. The molecule has 1 aliphatic rings. The van der Waals surface area contributed by atoms with Gasteiger partial charge in [-0.25, -0.2) is 0 Å². The zero-order chi connectivity index (χ0) is 18.6. The van der Waals surface area contributed by atoms with Gasteiger partial charge in [0.05, 0.1) is 17.4 Å². The maximum Gasteiger partial charge on any atom is 0.309 e. The van der Waals surface area contributed by atoms with Gasteiger partial charge in [0.1, 0.15) is 5.69 Å². The smallest absolute Gasteiger partial charge is 0.309 e. The number of carbonyl (C=O) groups excluding carboxylic acids is 2. The first-order valence-electron chi connectivity index (χ1n) is 8.26. The standard InChI is InChI=1S/C17H23N3O5/c1-4-25-17(22)12-7-9-19(10-8-12)16(21)13-5-6-14(18(2)3)15(11-13)20(23)24/h5-6,11-12H,4,7-10H2,1-3H3. The number of nitro groups is 1. The van der Waals surface area contributed by atoms with Crippen molar-refractivity contribution in [1.29, 1.82) is 0 Å². The van der Waals surface area contributed by atoms with E-state index in [0.29, 0.717) is 38.2 Å². The Bertz CT molecular complexity index is 666. The van der Waals surface area contributed by atoms with Crippen molar-refractivity contribution < 1.29 is 19.2 Å². The molecule has 1 aromatic rings. The monoisotopic (exact) mass is 349 g/mol. The molecule has 0 unspecified atom stereocenters. The van der Waals surface area contributed by atoms with Crippen LogP contribution >= 0.6 is 0 Å². The van der Waals surface area contributed by atoms with Crippen LogP contribution in [0.25, 0.3) is 0 Å². The zero-order valence-corrected chi connectivity index (χ0v) is 14.7. The van der Waals surface area contributed by atoms with E-state index >= 15 is 0 Å². The fourth-order valence-electron chi connectivity index (χ4n) is 2.94. The van der Waals surface area contributed by atoms with Crippen LogP contribution in [0.2, 0.25) is 0 Å². The molecule has 0 bridgehead atoms. The Morgan fingerprint density at radius 1 is 1.32 bits per heavy atom. The lowest BCUT2D eigenvalue weighted by Crippen LogP contribution is -2.40. The molecule has 1 saturated heterocycles. The molecule has 0 N–H and O–H groups in total. The van der Waals surface area contributed by atoms with Crippen LogP contribution < -0.4 is 4.90 Å². The number of esters is 1. The minimum Gasteiger partial charge on any atom is -0.466 e. The highest BCUT2D eigenvalue weighted by Crippen LogP contribution is 2.29. The summed E-state index contributed by atoms with van der Waals surface area (Å²) in [5, 5.41) is 11.3. The minimum atomic E-state index is -0.487. The van der Waals surface area contributed by atoms with Gasteiger partial charge in [-0.3, -0.25) is 19.7 Å². The summed E-state index contributed by atoms with van der Waals surface area (Å²) in [6.07, 6.45) is 1.09. The predicted octanol–water partition coefficient (Wildman–Crippen LogP) is 2.08. The van der Waals surface area contributed by atoms with E-state index in [2.05, 4.69) is 0 Å². The number of benzene rings is 1. The van der Waals surface area contributed by atoms with Gasteiger partial charge in [-0.15, -0.1) is 0 Å². The largest absolute Gasteiger partial charge is 0.466 e. The van der Waals surface area contributed by atoms with E-state index < -0.39 is 4.92 Å². The van der Waals surface area contributed by atoms with Crippen molar-refractivity contribution >= 4 is 23.3 Å². The van der Waals surface area contributed by atoms with Gasteiger partial charge in [0.2, 0.25) is 0 Å².